The third-order valence-electron chi connectivity index (χ3n) is 3.15. The summed E-state index contributed by atoms with van der Waals surface area (Å²) < 4.78 is 0. The normalized spacial score (nSPS) is 12.3. The maximum atomic E-state index is 11.5. The Morgan fingerprint density at radius 2 is 2.14 bits per heavy atom. The van der Waals surface area contributed by atoms with Crippen molar-refractivity contribution in [3.8, 4) is 0 Å². The highest BCUT2D eigenvalue weighted by Gasteiger charge is 2.14. The Morgan fingerprint density at radius 3 is 2.76 bits per heavy atom. The lowest BCUT2D eigenvalue weighted by Crippen LogP contribution is -2.34. The number of nitrogens with one attached hydrogen (secondary N) is 2. The van der Waals surface area contributed by atoms with E-state index in [0.29, 0.717) is 13.1 Å². The molecule has 6 heteroatoms. The second kappa shape index (κ2) is 8.56. The van der Waals surface area contributed by atoms with E-state index in [-0.39, 0.29) is 11.8 Å². The molecule has 21 heavy (non-hydrogen) atoms. The van der Waals surface area contributed by atoms with Gasteiger partial charge in [-0.1, -0.05) is 13.8 Å². The van der Waals surface area contributed by atoms with Crippen LogP contribution in [-0.2, 0) is 11.3 Å². The molecule has 1 aromatic rings. The fourth-order valence-corrected chi connectivity index (χ4v) is 2.15. The molecule has 1 heterocycles. The van der Waals surface area contributed by atoms with E-state index in [2.05, 4.69) is 32.4 Å². The van der Waals surface area contributed by atoms with Crippen LogP contribution in [-0.4, -0.2) is 48.0 Å². The minimum absolute atomic E-state index is 0.0531. The highest BCUT2D eigenvalue weighted by Crippen LogP contribution is 2.09. The van der Waals surface area contributed by atoms with E-state index in [1.165, 1.54) is 0 Å². The van der Waals surface area contributed by atoms with Gasteiger partial charge < -0.3 is 10.6 Å². The molecule has 0 saturated carbocycles. The predicted octanol–water partition coefficient (Wildman–Crippen LogP) is 1.42. The highest BCUT2D eigenvalue weighted by molar-refractivity contribution is 5.78. The predicted molar refractivity (Wildman–Crippen MR) is 85.1 cm³/mol. The first-order chi connectivity index (χ1) is 9.96. The first kappa shape index (κ1) is 17.4. The molecule has 1 atom stereocenters. The van der Waals surface area contributed by atoms with Crippen molar-refractivity contribution < 1.29 is 4.79 Å². The molecule has 0 aliphatic heterocycles. The molecule has 6 nitrogen and oxygen atoms in total. The molecule has 0 fully saturated rings. The van der Waals surface area contributed by atoms with Crippen LogP contribution in [0.5, 0.6) is 0 Å². The third kappa shape index (κ3) is 6.08. The van der Waals surface area contributed by atoms with E-state index in [4.69, 9.17) is 0 Å². The topological polar surface area (TPSA) is 70.2 Å². The average molecular weight is 293 g/mol. The number of aryl methyl sites for hydroxylation is 1. The van der Waals surface area contributed by atoms with Gasteiger partial charge >= 0.3 is 0 Å². The molecule has 1 aromatic heterocycles. The lowest BCUT2D eigenvalue weighted by Gasteiger charge is -2.20. The highest BCUT2D eigenvalue weighted by atomic mass is 16.1. The summed E-state index contributed by atoms with van der Waals surface area (Å²) in [5.41, 5.74) is 0.950. The van der Waals surface area contributed by atoms with Gasteiger partial charge in [0.25, 0.3) is 0 Å². The largest absolute Gasteiger partial charge is 0.370 e. The maximum absolute atomic E-state index is 11.5. The molecule has 0 radical (unpaired) electrons. The molecule has 1 rings (SSSR count). The van der Waals surface area contributed by atoms with Crippen molar-refractivity contribution in [2.75, 3.05) is 32.5 Å². The second-order valence-electron chi connectivity index (χ2n) is 5.45. The van der Waals surface area contributed by atoms with Crippen LogP contribution in [0, 0.1) is 12.8 Å². The van der Waals surface area contributed by atoms with Crippen molar-refractivity contribution >= 4 is 11.7 Å². The quantitative estimate of drug-likeness (QED) is 0.758. The second-order valence-corrected chi connectivity index (χ2v) is 5.45. The number of rotatable bonds is 8. The molecule has 0 aromatic carbocycles. The number of amides is 1. The monoisotopic (exact) mass is 293 g/mol. The van der Waals surface area contributed by atoms with Crippen molar-refractivity contribution in [2.24, 2.45) is 5.92 Å². The third-order valence-corrected chi connectivity index (χ3v) is 3.15. The molecule has 0 aliphatic rings. The van der Waals surface area contributed by atoms with Crippen LogP contribution in [0.15, 0.2) is 6.07 Å². The molecule has 2 N–H and O–H groups in total. The van der Waals surface area contributed by atoms with E-state index < -0.39 is 0 Å². The van der Waals surface area contributed by atoms with Crippen LogP contribution >= 0.6 is 0 Å². The van der Waals surface area contributed by atoms with Crippen molar-refractivity contribution in [1.29, 1.82) is 0 Å². The Hall–Kier alpha value is -1.69. The van der Waals surface area contributed by atoms with Crippen molar-refractivity contribution in [3.05, 3.63) is 17.6 Å². The number of hydrogen-bond donors (Lipinski definition) is 2. The summed E-state index contributed by atoms with van der Waals surface area (Å²) in [6, 6.07) is 1.95. The van der Waals surface area contributed by atoms with Crippen molar-refractivity contribution in [1.82, 2.24) is 20.2 Å². The number of carbonyl (C=O) groups excluding carboxylic acids is 1. The van der Waals surface area contributed by atoms with Gasteiger partial charge in [0, 0.05) is 37.8 Å². The lowest BCUT2D eigenvalue weighted by atomic mass is 10.1. The molecule has 1 amide bonds. The molecule has 0 spiro atoms. The first-order valence-electron chi connectivity index (χ1n) is 7.44. The van der Waals surface area contributed by atoms with Crippen LogP contribution in [0.3, 0.4) is 0 Å². The van der Waals surface area contributed by atoms with Crippen LogP contribution in [0.25, 0.3) is 0 Å². The minimum atomic E-state index is -0.0532. The molecular weight excluding hydrogens is 266 g/mol. The van der Waals surface area contributed by atoms with Crippen LogP contribution < -0.4 is 10.6 Å². The number of nitrogens with zero attached hydrogens (tertiary/aromatic N) is 3. The SMILES string of the molecule is CCCNc1cc(C)nc(CN(C)CC(C)C(=O)NC)n1. The molecule has 118 valence electrons. The molecular formula is C15H27N5O. The molecule has 0 bridgehead atoms. The van der Waals surface area contributed by atoms with Crippen LogP contribution in [0.2, 0.25) is 0 Å². The maximum Gasteiger partial charge on any atom is 0.223 e. The van der Waals surface area contributed by atoms with Crippen molar-refractivity contribution in [3.63, 3.8) is 0 Å². The van der Waals surface area contributed by atoms with E-state index in [1.807, 2.05) is 27.0 Å². The average Bonchev–Trinajstić information content (AvgIpc) is 2.43. The lowest BCUT2D eigenvalue weighted by molar-refractivity contribution is -0.124. The van der Waals surface area contributed by atoms with Gasteiger partial charge in [0.2, 0.25) is 5.91 Å². The molecule has 0 saturated heterocycles. The summed E-state index contributed by atoms with van der Waals surface area (Å²) in [4.78, 5) is 22.6. The smallest absolute Gasteiger partial charge is 0.223 e. The molecule has 1 unspecified atom stereocenters. The van der Waals surface area contributed by atoms with E-state index in [9.17, 15) is 4.79 Å². The zero-order chi connectivity index (χ0) is 15.8. The Labute approximate surface area is 127 Å². The Morgan fingerprint density at radius 1 is 1.43 bits per heavy atom. The fraction of sp³-hybridized carbons (Fsp3) is 0.667. The number of aromatic nitrogens is 2. The Kier molecular flexibility index (Phi) is 7.08. The van der Waals surface area contributed by atoms with E-state index in [1.54, 1.807) is 7.05 Å². The summed E-state index contributed by atoms with van der Waals surface area (Å²) >= 11 is 0. The van der Waals surface area contributed by atoms with Gasteiger partial charge in [0.1, 0.15) is 11.6 Å². The Bertz CT molecular complexity index is 463. The minimum Gasteiger partial charge on any atom is -0.370 e. The number of hydrogen-bond acceptors (Lipinski definition) is 5. The summed E-state index contributed by atoms with van der Waals surface area (Å²) in [5, 5.41) is 5.95. The van der Waals surface area contributed by atoms with Crippen LogP contribution in [0.4, 0.5) is 5.82 Å². The van der Waals surface area contributed by atoms with Gasteiger partial charge in [-0.15, -0.1) is 0 Å². The van der Waals surface area contributed by atoms with Crippen LogP contribution in [0.1, 0.15) is 31.8 Å². The fourth-order valence-electron chi connectivity index (χ4n) is 2.15. The van der Waals surface area contributed by atoms with Crippen molar-refractivity contribution in [2.45, 2.75) is 33.7 Å². The summed E-state index contributed by atoms with van der Waals surface area (Å²) in [5.74, 6) is 1.65. The zero-order valence-electron chi connectivity index (χ0n) is 13.7. The summed E-state index contributed by atoms with van der Waals surface area (Å²) in [6.45, 7) is 8.21. The standard InChI is InChI=1S/C15H27N5O/c1-6-7-17-13-8-12(3)18-14(19-13)10-20(5)9-11(2)15(21)16-4/h8,11H,6-7,9-10H2,1-5H3,(H,16,21)(H,17,18,19). The number of anilines is 1. The van der Waals surface area contributed by atoms with E-state index in [0.717, 1.165) is 30.3 Å². The Balaban J connectivity index is 2.64. The van der Waals surface area contributed by atoms with Gasteiger partial charge in [-0.2, -0.15) is 0 Å². The number of carbonyl (C=O) groups is 1. The molecule has 0 aliphatic carbocycles. The zero-order valence-corrected chi connectivity index (χ0v) is 13.7. The summed E-state index contributed by atoms with van der Waals surface area (Å²) in [6.07, 6.45) is 1.06. The van der Waals surface area contributed by atoms with Gasteiger partial charge in [0.05, 0.1) is 6.54 Å². The van der Waals surface area contributed by atoms with E-state index >= 15 is 0 Å². The van der Waals surface area contributed by atoms with Gasteiger partial charge in [-0.3, -0.25) is 9.69 Å². The van der Waals surface area contributed by atoms with Gasteiger partial charge in [-0.25, -0.2) is 9.97 Å². The first-order valence-corrected chi connectivity index (χ1v) is 7.44. The summed E-state index contributed by atoms with van der Waals surface area (Å²) in [7, 11) is 3.64. The van der Waals surface area contributed by atoms with Gasteiger partial charge in [0.15, 0.2) is 0 Å². The van der Waals surface area contributed by atoms with Gasteiger partial charge in [-0.05, 0) is 20.4 Å².